The molecule has 0 saturated carbocycles. The van der Waals surface area contributed by atoms with Crippen molar-refractivity contribution < 1.29 is 9.53 Å². The summed E-state index contributed by atoms with van der Waals surface area (Å²) >= 11 is 0. The number of halogens is 1. The largest absolute Gasteiger partial charge is 0.496 e. The fourth-order valence-electron chi connectivity index (χ4n) is 4.18. The molecule has 1 amide bonds. The van der Waals surface area contributed by atoms with Gasteiger partial charge in [0, 0.05) is 30.8 Å². The monoisotopic (exact) mass is 386 g/mol. The van der Waals surface area contributed by atoms with Crippen LogP contribution in [0.3, 0.4) is 0 Å². The van der Waals surface area contributed by atoms with Gasteiger partial charge in [-0.2, -0.15) is 0 Å². The van der Waals surface area contributed by atoms with Crippen LogP contribution >= 0.6 is 12.4 Å². The maximum Gasteiger partial charge on any atom is 0.254 e. The fraction of sp³-hybridized carbons (Fsp3) is 0.409. The maximum absolute atomic E-state index is 12.5. The molecule has 5 heteroatoms. The van der Waals surface area contributed by atoms with E-state index in [1.54, 1.807) is 7.11 Å². The van der Waals surface area contributed by atoms with Crippen molar-refractivity contribution in [2.45, 2.75) is 25.9 Å². The summed E-state index contributed by atoms with van der Waals surface area (Å²) in [4.78, 5) is 17.1. The summed E-state index contributed by atoms with van der Waals surface area (Å²) in [5, 5.41) is 0. The Morgan fingerprint density at radius 1 is 1.04 bits per heavy atom. The van der Waals surface area contributed by atoms with Crippen LogP contribution in [0.25, 0.3) is 0 Å². The highest BCUT2D eigenvalue weighted by Crippen LogP contribution is 2.27. The molecule has 0 bridgehead atoms. The Balaban J connectivity index is 0.00000210. The lowest BCUT2D eigenvalue weighted by Crippen LogP contribution is -2.38. The number of carbonyl (C=O) groups excluding carboxylic acids is 1. The van der Waals surface area contributed by atoms with Crippen LogP contribution in [0, 0.1) is 5.92 Å². The molecule has 2 aromatic rings. The number of amides is 1. The molecule has 0 radical (unpaired) electrons. The van der Waals surface area contributed by atoms with E-state index >= 15 is 0 Å². The van der Waals surface area contributed by atoms with Crippen LogP contribution in [0.1, 0.15) is 34.3 Å². The molecule has 0 spiro atoms. The summed E-state index contributed by atoms with van der Waals surface area (Å²) < 4.78 is 5.47. The summed E-state index contributed by atoms with van der Waals surface area (Å²) in [6, 6.07) is 16.3. The Hall–Kier alpha value is -2.04. The number of benzene rings is 2. The van der Waals surface area contributed by atoms with Gasteiger partial charge in [-0.15, -0.1) is 12.4 Å². The van der Waals surface area contributed by atoms with Gasteiger partial charge in [-0.1, -0.05) is 36.4 Å². The number of rotatable bonds is 5. The topological polar surface area (TPSA) is 32.8 Å². The molecule has 0 unspecified atom stereocenters. The van der Waals surface area contributed by atoms with Crippen LogP contribution in [0.15, 0.2) is 48.5 Å². The number of hydrogen-bond donors (Lipinski definition) is 0. The van der Waals surface area contributed by atoms with Crippen LogP contribution in [-0.4, -0.2) is 42.5 Å². The van der Waals surface area contributed by atoms with Crippen LogP contribution in [0.2, 0.25) is 0 Å². The van der Waals surface area contributed by atoms with Gasteiger partial charge in [0.1, 0.15) is 5.75 Å². The summed E-state index contributed by atoms with van der Waals surface area (Å²) in [6.07, 6.45) is 2.30. The summed E-state index contributed by atoms with van der Waals surface area (Å²) in [5.41, 5.74) is 3.31. The first kappa shape index (κ1) is 19.7. The van der Waals surface area contributed by atoms with Crippen molar-refractivity contribution >= 4 is 18.3 Å². The number of fused-ring (bicyclic) bond motifs is 1. The van der Waals surface area contributed by atoms with Crippen LogP contribution in [0.5, 0.6) is 5.75 Å². The van der Waals surface area contributed by atoms with Crippen LogP contribution < -0.4 is 4.74 Å². The highest BCUT2D eigenvalue weighted by Gasteiger charge is 2.30. The van der Waals surface area contributed by atoms with Gasteiger partial charge in [-0.25, -0.2) is 0 Å². The van der Waals surface area contributed by atoms with Crippen molar-refractivity contribution in [3.63, 3.8) is 0 Å². The van der Waals surface area contributed by atoms with E-state index in [1.807, 2.05) is 35.2 Å². The minimum Gasteiger partial charge on any atom is -0.496 e. The number of piperidine rings is 1. The molecule has 2 heterocycles. The second kappa shape index (κ2) is 8.77. The molecule has 0 aromatic heterocycles. The SMILES string of the molecule is COc1ccccc1CN1CCC(CN2Cc3ccccc3C2=O)CC1.Cl. The van der Waals surface area contributed by atoms with Crippen molar-refractivity contribution in [1.29, 1.82) is 0 Å². The van der Waals surface area contributed by atoms with E-state index in [4.69, 9.17) is 4.74 Å². The molecule has 1 saturated heterocycles. The zero-order valence-electron chi connectivity index (χ0n) is 15.8. The summed E-state index contributed by atoms with van der Waals surface area (Å²) in [6.45, 7) is 4.76. The second-order valence-electron chi connectivity index (χ2n) is 7.37. The highest BCUT2D eigenvalue weighted by atomic mass is 35.5. The average molecular weight is 387 g/mol. The normalized spacial score (nSPS) is 17.5. The molecule has 2 aliphatic rings. The van der Waals surface area contributed by atoms with Crippen molar-refractivity contribution in [2.75, 3.05) is 26.7 Å². The first-order valence-electron chi connectivity index (χ1n) is 9.46. The Morgan fingerprint density at radius 3 is 2.48 bits per heavy atom. The molecule has 144 valence electrons. The smallest absolute Gasteiger partial charge is 0.254 e. The zero-order chi connectivity index (χ0) is 17.9. The number of likely N-dealkylation sites (tertiary alicyclic amines) is 1. The van der Waals surface area contributed by atoms with Gasteiger partial charge in [0.2, 0.25) is 0 Å². The number of nitrogens with zero attached hydrogens (tertiary/aromatic N) is 2. The number of ether oxygens (including phenoxy) is 1. The molecule has 4 nitrogen and oxygen atoms in total. The predicted molar refractivity (Wildman–Crippen MR) is 109 cm³/mol. The summed E-state index contributed by atoms with van der Waals surface area (Å²) in [5.74, 6) is 1.77. The third kappa shape index (κ3) is 4.28. The number of carbonyl (C=O) groups is 1. The lowest BCUT2D eigenvalue weighted by atomic mass is 9.95. The Labute approximate surface area is 167 Å². The molecule has 1 fully saturated rings. The van der Waals surface area contributed by atoms with Gasteiger partial charge in [0.25, 0.3) is 5.91 Å². The van der Waals surface area contributed by atoms with Crippen LogP contribution in [-0.2, 0) is 13.1 Å². The summed E-state index contributed by atoms with van der Waals surface area (Å²) in [7, 11) is 1.73. The van der Waals surface area contributed by atoms with E-state index in [-0.39, 0.29) is 18.3 Å². The predicted octanol–water partition coefficient (Wildman–Crippen LogP) is 3.99. The molecule has 27 heavy (non-hydrogen) atoms. The third-order valence-electron chi connectivity index (χ3n) is 5.67. The molecular formula is C22H27ClN2O2. The Bertz CT molecular complexity index is 787. The fourth-order valence-corrected chi connectivity index (χ4v) is 4.18. The number of methoxy groups -OCH3 is 1. The van der Waals surface area contributed by atoms with Gasteiger partial charge < -0.3 is 9.64 Å². The van der Waals surface area contributed by atoms with Gasteiger partial charge >= 0.3 is 0 Å². The van der Waals surface area contributed by atoms with Gasteiger partial charge in [0.15, 0.2) is 0 Å². The Morgan fingerprint density at radius 2 is 1.74 bits per heavy atom. The second-order valence-corrected chi connectivity index (χ2v) is 7.37. The molecule has 0 atom stereocenters. The minimum absolute atomic E-state index is 0. The number of hydrogen-bond acceptors (Lipinski definition) is 3. The standard InChI is InChI=1S/C22H26N2O2.ClH/c1-26-21-9-5-3-7-19(21)15-23-12-10-17(11-13-23)14-24-16-18-6-2-4-8-20(18)22(24)25;/h2-9,17H,10-16H2,1H3;1H. The number of para-hydroxylation sites is 1. The maximum atomic E-state index is 12.5. The van der Waals surface area contributed by atoms with Crippen molar-refractivity contribution in [3.05, 3.63) is 65.2 Å². The van der Waals surface area contributed by atoms with Gasteiger partial charge in [-0.05, 0) is 49.5 Å². The molecule has 4 rings (SSSR count). The van der Waals surface area contributed by atoms with E-state index in [0.717, 1.165) is 56.9 Å². The third-order valence-corrected chi connectivity index (χ3v) is 5.67. The van der Waals surface area contributed by atoms with Crippen molar-refractivity contribution in [2.24, 2.45) is 5.92 Å². The molecule has 0 N–H and O–H groups in total. The molecule has 2 aromatic carbocycles. The lowest BCUT2D eigenvalue weighted by molar-refractivity contribution is 0.0711. The van der Waals surface area contributed by atoms with Gasteiger partial charge in [0.05, 0.1) is 7.11 Å². The van der Waals surface area contributed by atoms with Crippen LogP contribution in [0.4, 0.5) is 0 Å². The van der Waals surface area contributed by atoms with E-state index in [2.05, 4.69) is 23.1 Å². The van der Waals surface area contributed by atoms with Gasteiger partial charge in [-0.3, -0.25) is 9.69 Å². The van der Waals surface area contributed by atoms with E-state index in [9.17, 15) is 4.79 Å². The molecular weight excluding hydrogens is 360 g/mol. The van der Waals surface area contributed by atoms with Crippen molar-refractivity contribution in [1.82, 2.24) is 9.80 Å². The Kier molecular flexibility index (Phi) is 6.40. The van der Waals surface area contributed by atoms with E-state index in [0.29, 0.717) is 5.92 Å². The average Bonchev–Trinajstić information content (AvgIpc) is 3.00. The zero-order valence-corrected chi connectivity index (χ0v) is 16.6. The van der Waals surface area contributed by atoms with E-state index < -0.39 is 0 Å². The molecule has 2 aliphatic heterocycles. The first-order valence-corrected chi connectivity index (χ1v) is 9.46. The quantitative estimate of drug-likeness (QED) is 0.779. The van der Waals surface area contributed by atoms with Crippen molar-refractivity contribution in [3.8, 4) is 5.75 Å². The molecule has 0 aliphatic carbocycles. The minimum atomic E-state index is 0. The first-order chi connectivity index (χ1) is 12.7. The van der Waals surface area contributed by atoms with E-state index in [1.165, 1.54) is 11.1 Å². The highest BCUT2D eigenvalue weighted by molar-refractivity contribution is 5.98. The lowest BCUT2D eigenvalue weighted by Gasteiger charge is -2.34.